The quantitative estimate of drug-likeness (QED) is 0.916. The van der Waals surface area contributed by atoms with Crippen LogP contribution in [0.3, 0.4) is 0 Å². The third-order valence-electron chi connectivity index (χ3n) is 3.67. The van der Waals surface area contributed by atoms with Gasteiger partial charge in [0.15, 0.2) is 5.69 Å². The summed E-state index contributed by atoms with van der Waals surface area (Å²) in [6.45, 7) is 10.3. The molecule has 0 spiro atoms. The Morgan fingerprint density at radius 3 is 2.27 bits per heavy atom. The van der Waals surface area contributed by atoms with Crippen LogP contribution in [0.2, 0.25) is 0 Å². The second-order valence-corrected chi connectivity index (χ2v) is 6.15. The van der Waals surface area contributed by atoms with Crippen LogP contribution in [-0.4, -0.2) is 16.1 Å². The lowest BCUT2D eigenvalue weighted by Gasteiger charge is -2.16. The van der Waals surface area contributed by atoms with Gasteiger partial charge in [-0.1, -0.05) is 45.9 Å². The summed E-state index contributed by atoms with van der Waals surface area (Å²) >= 11 is 0. The number of hydrogen-bond acceptors (Lipinski definition) is 3. The number of carbonyl (C=O) groups is 1. The minimum Gasteiger partial charge on any atom is -0.320 e. The van der Waals surface area contributed by atoms with E-state index in [0.29, 0.717) is 17.5 Å². The number of aryl methyl sites for hydroxylation is 1. The van der Waals surface area contributed by atoms with Gasteiger partial charge in [-0.2, -0.15) is 5.10 Å². The molecule has 0 aliphatic heterocycles. The Morgan fingerprint density at radius 2 is 1.73 bits per heavy atom. The second kappa shape index (κ2) is 6.69. The Balaban J connectivity index is 2.26. The van der Waals surface area contributed by atoms with Crippen LogP contribution in [0, 0.1) is 6.92 Å². The van der Waals surface area contributed by atoms with Crippen molar-refractivity contribution in [2.75, 3.05) is 5.32 Å². The first-order valence-corrected chi connectivity index (χ1v) is 7.64. The number of nitrogens with one attached hydrogen (secondary N) is 1. The first kappa shape index (κ1) is 16.1. The molecule has 4 heteroatoms. The summed E-state index contributed by atoms with van der Waals surface area (Å²) in [4.78, 5) is 12.4. The lowest BCUT2D eigenvalue weighted by atomic mass is 9.98. The number of amides is 1. The number of carbonyl (C=O) groups excluding carboxylic acids is 1. The number of para-hydroxylation sites is 1. The summed E-state index contributed by atoms with van der Waals surface area (Å²) in [7, 11) is 0. The Labute approximate surface area is 132 Å². The topological polar surface area (TPSA) is 54.9 Å². The Bertz CT molecular complexity index is 661. The van der Waals surface area contributed by atoms with Crippen molar-refractivity contribution in [3.05, 3.63) is 52.8 Å². The average Bonchev–Trinajstić information content (AvgIpc) is 2.49. The minimum absolute atomic E-state index is 0.223. The highest BCUT2D eigenvalue weighted by Gasteiger charge is 2.15. The summed E-state index contributed by atoms with van der Waals surface area (Å²) in [5.74, 6) is 0.414. The molecule has 116 valence electrons. The molecule has 1 amide bonds. The minimum atomic E-state index is -0.223. The van der Waals surface area contributed by atoms with E-state index in [9.17, 15) is 4.79 Å². The van der Waals surface area contributed by atoms with Crippen molar-refractivity contribution < 1.29 is 4.79 Å². The van der Waals surface area contributed by atoms with Gasteiger partial charge in [0.25, 0.3) is 5.91 Å². The Morgan fingerprint density at radius 1 is 1.00 bits per heavy atom. The van der Waals surface area contributed by atoms with Gasteiger partial charge in [-0.05, 0) is 42.0 Å². The summed E-state index contributed by atoms with van der Waals surface area (Å²) in [6, 6.07) is 9.63. The average molecular weight is 297 g/mol. The molecule has 1 aromatic carbocycles. The maximum atomic E-state index is 12.4. The molecular formula is C18H23N3O. The van der Waals surface area contributed by atoms with Crippen molar-refractivity contribution in [2.45, 2.75) is 46.5 Å². The molecule has 0 unspecified atom stereocenters. The van der Waals surface area contributed by atoms with Crippen molar-refractivity contribution >= 4 is 11.6 Å². The molecule has 0 saturated carbocycles. The third kappa shape index (κ3) is 3.50. The Hall–Kier alpha value is -2.23. The summed E-state index contributed by atoms with van der Waals surface area (Å²) in [6.07, 6.45) is 0. The number of benzene rings is 1. The molecule has 0 aliphatic carbocycles. The molecule has 0 aliphatic rings. The first-order valence-electron chi connectivity index (χ1n) is 7.64. The molecule has 0 fully saturated rings. The predicted octanol–water partition coefficient (Wildman–Crippen LogP) is 4.28. The third-order valence-corrected chi connectivity index (χ3v) is 3.67. The smallest absolute Gasteiger partial charge is 0.276 e. The van der Waals surface area contributed by atoms with Crippen molar-refractivity contribution in [1.29, 1.82) is 0 Å². The zero-order chi connectivity index (χ0) is 16.3. The molecule has 1 aromatic heterocycles. The summed E-state index contributed by atoms with van der Waals surface area (Å²) in [5.41, 5.74) is 4.27. The molecule has 22 heavy (non-hydrogen) atoms. The van der Waals surface area contributed by atoms with Crippen molar-refractivity contribution in [3.63, 3.8) is 0 Å². The number of aromatic nitrogens is 2. The molecule has 0 bridgehead atoms. The van der Waals surface area contributed by atoms with E-state index in [1.807, 2.05) is 45.0 Å². The first-order chi connectivity index (χ1) is 10.4. The molecule has 0 atom stereocenters. The van der Waals surface area contributed by atoms with Crippen LogP contribution in [0.25, 0.3) is 0 Å². The molecule has 0 radical (unpaired) electrons. The van der Waals surface area contributed by atoms with E-state index in [-0.39, 0.29) is 5.91 Å². The molecule has 4 nitrogen and oxygen atoms in total. The van der Waals surface area contributed by atoms with Crippen LogP contribution in [-0.2, 0) is 0 Å². The highest BCUT2D eigenvalue weighted by Crippen LogP contribution is 2.27. The van der Waals surface area contributed by atoms with E-state index in [1.165, 1.54) is 0 Å². The summed E-state index contributed by atoms with van der Waals surface area (Å²) < 4.78 is 0. The van der Waals surface area contributed by atoms with Gasteiger partial charge in [0.1, 0.15) is 0 Å². The zero-order valence-electron chi connectivity index (χ0n) is 13.8. The van der Waals surface area contributed by atoms with Crippen LogP contribution >= 0.6 is 0 Å². The van der Waals surface area contributed by atoms with Crippen LogP contribution in [0.5, 0.6) is 0 Å². The number of anilines is 1. The molecule has 0 saturated heterocycles. The van der Waals surface area contributed by atoms with Gasteiger partial charge in [0, 0.05) is 5.69 Å². The van der Waals surface area contributed by atoms with E-state index in [2.05, 4.69) is 29.4 Å². The highest BCUT2D eigenvalue weighted by molar-refractivity contribution is 6.03. The van der Waals surface area contributed by atoms with Crippen LogP contribution in [0.15, 0.2) is 30.3 Å². The van der Waals surface area contributed by atoms with Gasteiger partial charge in [0.05, 0.1) is 5.69 Å². The van der Waals surface area contributed by atoms with E-state index >= 15 is 0 Å². The van der Waals surface area contributed by atoms with E-state index in [1.54, 1.807) is 6.07 Å². The monoisotopic (exact) mass is 297 g/mol. The fourth-order valence-electron chi connectivity index (χ4n) is 2.29. The normalized spacial score (nSPS) is 11.0. The molecule has 2 rings (SSSR count). The predicted molar refractivity (Wildman–Crippen MR) is 89.3 cm³/mol. The van der Waals surface area contributed by atoms with Gasteiger partial charge >= 0.3 is 0 Å². The number of hydrogen-bond donors (Lipinski definition) is 1. The number of rotatable bonds is 4. The second-order valence-electron chi connectivity index (χ2n) is 6.15. The van der Waals surface area contributed by atoms with Gasteiger partial charge in [-0.15, -0.1) is 5.10 Å². The fourth-order valence-corrected chi connectivity index (χ4v) is 2.29. The van der Waals surface area contributed by atoms with Gasteiger partial charge in [-0.25, -0.2) is 0 Å². The van der Waals surface area contributed by atoms with Gasteiger partial charge < -0.3 is 5.32 Å². The van der Waals surface area contributed by atoms with Crippen LogP contribution in [0.4, 0.5) is 5.69 Å². The van der Waals surface area contributed by atoms with Crippen molar-refractivity contribution in [1.82, 2.24) is 10.2 Å². The molecule has 1 N–H and O–H groups in total. The summed E-state index contributed by atoms with van der Waals surface area (Å²) in [5, 5.41) is 11.1. The largest absolute Gasteiger partial charge is 0.320 e. The standard InChI is InChI=1S/C18H23N3O/c1-11(2)14-8-6-7-13(5)17(14)19-18(22)16-10-9-15(12(3)4)20-21-16/h6-12H,1-5H3,(H,19,22). The zero-order valence-corrected chi connectivity index (χ0v) is 13.8. The number of nitrogens with zero attached hydrogens (tertiary/aromatic N) is 2. The van der Waals surface area contributed by atoms with Crippen LogP contribution in [0.1, 0.15) is 66.8 Å². The van der Waals surface area contributed by atoms with Crippen molar-refractivity contribution in [2.24, 2.45) is 0 Å². The fraction of sp³-hybridized carbons (Fsp3) is 0.389. The van der Waals surface area contributed by atoms with Gasteiger partial charge in [0.2, 0.25) is 0 Å². The highest BCUT2D eigenvalue weighted by atomic mass is 16.1. The molecule has 2 aromatic rings. The maximum absolute atomic E-state index is 12.4. The van der Waals surface area contributed by atoms with Crippen molar-refractivity contribution in [3.8, 4) is 0 Å². The van der Waals surface area contributed by atoms with E-state index in [4.69, 9.17) is 0 Å². The van der Waals surface area contributed by atoms with E-state index in [0.717, 1.165) is 22.5 Å². The lowest BCUT2D eigenvalue weighted by Crippen LogP contribution is -2.17. The molecular weight excluding hydrogens is 274 g/mol. The lowest BCUT2D eigenvalue weighted by molar-refractivity contribution is 0.102. The van der Waals surface area contributed by atoms with Gasteiger partial charge in [-0.3, -0.25) is 4.79 Å². The Kier molecular flexibility index (Phi) is 4.91. The molecule has 1 heterocycles. The SMILES string of the molecule is Cc1cccc(C(C)C)c1NC(=O)c1ccc(C(C)C)nn1. The maximum Gasteiger partial charge on any atom is 0.276 e. The van der Waals surface area contributed by atoms with E-state index < -0.39 is 0 Å². The van der Waals surface area contributed by atoms with Crippen LogP contribution < -0.4 is 5.32 Å².